The first-order valence-electron chi connectivity index (χ1n) is 4.57. The highest BCUT2D eigenvalue weighted by Crippen LogP contribution is 2.44. The third-order valence-electron chi connectivity index (χ3n) is 2.85. The van der Waals surface area contributed by atoms with Crippen LogP contribution in [0.15, 0.2) is 0 Å². The van der Waals surface area contributed by atoms with Crippen LogP contribution in [-0.4, -0.2) is 23.0 Å². The lowest BCUT2D eigenvalue weighted by Gasteiger charge is -2.25. The minimum absolute atomic E-state index is 0.784. The Hall–Kier alpha value is 0.700. The van der Waals surface area contributed by atoms with Crippen LogP contribution in [0, 0.1) is 5.41 Å². The van der Waals surface area contributed by atoms with Gasteiger partial charge in [0.1, 0.15) is 0 Å². The van der Waals surface area contributed by atoms with Crippen molar-refractivity contribution in [2.45, 2.75) is 25.7 Å². The second-order valence-electron chi connectivity index (χ2n) is 3.81. The molecule has 64 valence electrons. The van der Waals surface area contributed by atoms with Gasteiger partial charge in [-0.3, -0.25) is 0 Å². The van der Waals surface area contributed by atoms with Crippen LogP contribution in [0.1, 0.15) is 25.7 Å². The Morgan fingerprint density at radius 3 is 1.91 bits per heavy atom. The molecule has 0 aromatic rings. The molecule has 0 atom stereocenters. The monoisotopic (exact) mass is 188 g/mol. The van der Waals surface area contributed by atoms with Gasteiger partial charge in [-0.1, -0.05) is 12.8 Å². The van der Waals surface area contributed by atoms with Crippen molar-refractivity contribution in [3.8, 4) is 0 Å². The van der Waals surface area contributed by atoms with Crippen molar-refractivity contribution in [1.82, 2.24) is 0 Å². The standard InChI is InChI=1S/C9H16S2/c1-2-4-9(3-1)7-10-5-6-11-8-9/h1-8H2. The fraction of sp³-hybridized carbons (Fsp3) is 1.00. The first-order chi connectivity index (χ1) is 5.41. The van der Waals surface area contributed by atoms with Crippen LogP contribution in [-0.2, 0) is 0 Å². The summed E-state index contributed by atoms with van der Waals surface area (Å²) >= 11 is 4.38. The smallest absolute Gasteiger partial charge is 0.00238 e. The molecule has 1 heterocycles. The van der Waals surface area contributed by atoms with Crippen molar-refractivity contribution in [2.75, 3.05) is 23.0 Å². The molecule has 0 aromatic heterocycles. The van der Waals surface area contributed by atoms with E-state index in [0.717, 1.165) is 5.41 Å². The third kappa shape index (κ3) is 1.89. The van der Waals surface area contributed by atoms with E-state index in [1.54, 1.807) is 0 Å². The summed E-state index contributed by atoms with van der Waals surface area (Å²) in [7, 11) is 0. The molecule has 1 aliphatic heterocycles. The van der Waals surface area contributed by atoms with Crippen LogP contribution in [0.2, 0.25) is 0 Å². The van der Waals surface area contributed by atoms with Gasteiger partial charge in [0.05, 0.1) is 0 Å². The van der Waals surface area contributed by atoms with Crippen LogP contribution in [0.3, 0.4) is 0 Å². The lowest BCUT2D eigenvalue weighted by molar-refractivity contribution is 0.403. The minimum atomic E-state index is 0.784. The van der Waals surface area contributed by atoms with Crippen molar-refractivity contribution in [3.63, 3.8) is 0 Å². The fourth-order valence-electron chi connectivity index (χ4n) is 2.15. The van der Waals surface area contributed by atoms with Gasteiger partial charge >= 0.3 is 0 Å². The van der Waals surface area contributed by atoms with Crippen molar-refractivity contribution >= 4 is 23.5 Å². The molecule has 1 aliphatic carbocycles. The van der Waals surface area contributed by atoms with E-state index in [1.165, 1.54) is 48.7 Å². The third-order valence-corrected chi connectivity index (χ3v) is 5.73. The molecule has 0 bridgehead atoms. The molecule has 0 aromatic carbocycles. The highest BCUT2D eigenvalue weighted by Gasteiger charge is 2.34. The van der Waals surface area contributed by atoms with Gasteiger partial charge < -0.3 is 0 Å². The topological polar surface area (TPSA) is 0 Å². The van der Waals surface area contributed by atoms with Crippen LogP contribution >= 0.6 is 23.5 Å². The summed E-state index contributed by atoms with van der Waals surface area (Å²) in [5, 5.41) is 0. The van der Waals surface area contributed by atoms with E-state index in [4.69, 9.17) is 0 Å². The van der Waals surface area contributed by atoms with Gasteiger partial charge in [0.25, 0.3) is 0 Å². The number of hydrogen-bond acceptors (Lipinski definition) is 2. The molecule has 2 aliphatic rings. The summed E-state index contributed by atoms with van der Waals surface area (Å²) in [6, 6.07) is 0. The molecule has 0 radical (unpaired) electrons. The maximum absolute atomic E-state index is 2.19. The minimum Gasteiger partial charge on any atom is -0.161 e. The van der Waals surface area contributed by atoms with E-state index in [9.17, 15) is 0 Å². The van der Waals surface area contributed by atoms with Crippen LogP contribution in [0.5, 0.6) is 0 Å². The van der Waals surface area contributed by atoms with Crippen molar-refractivity contribution < 1.29 is 0 Å². The van der Waals surface area contributed by atoms with Gasteiger partial charge in [-0.25, -0.2) is 0 Å². The molecular weight excluding hydrogens is 172 g/mol. The van der Waals surface area contributed by atoms with Gasteiger partial charge in [0, 0.05) is 11.5 Å². The molecule has 2 rings (SSSR count). The maximum Gasteiger partial charge on any atom is 0.00238 e. The summed E-state index contributed by atoms with van der Waals surface area (Å²) in [5.41, 5.74) is 0.784. The molecule has 1 saturated carbocycles. The number of hydrogen-bond donors (Lipinski definition) is 0. The summed E-state index contributed by atoms with van der Waals surface area (Å²) in [6.45, 7) is 0. The zero-order valence-electron chi connectivity index (χ0n) is 6.97. The maximum atomic E-state index is 2.19. The average molecular weight is 188 g/mol. The lowest BCUT2D eigenvalue weighted by atomic mass is 9.91. The number of thioether (sulfide) groups is 2. The average Bonchev–Trinajstić information content (AvgIpc) is 2.32. The van der Waals surface area contributed by atoms with Crippen molar-refractivity contribution in [1.29, 1.82) is 0 Å². The van der Waals surface area contributed by atoms with Gasteiger partial charge in [0.2, 0.25) is 0 Å². The Morgan fingerprint density at radius 2 is 1.36 bits per heavy atom. The van der Waals surface area contributed by atoms with Gasteiger partial charge in [-0.15, -0.1) is 0 Å². The summed E-state index contributed by atoms with van der Waals surface area (Å²) in [5.74, 6) is 5.71. The zero-order chi connectivity index (χ0) is 7.57. The molecule has 2 fully saturated rings. The van der Waals surface area contributed by atoms with Crippen LogP contribution in [0.4, 0.5) is 0 Å². The quantitative estimate of drug-likeness (QED) is 0.573. The Labute approximate surface area is 77.9 Å². The SMILES string of the molecule is C1CCC2(C1)CSCCSC2. The van der Waals surface area contributed by atoms with Crippen LogP contribution in [0.25, 0.3) is 0 Å². The normalized spacial score (nSPS) is 30.5. The van der Waals surface area contributed by atoms with E-state index in [-0.39, 0.29) is 0 Å². The van der Waals surface area contributed by atoms with Gasteiger partial charge in [0.15, 0.2) is 0 Å². The molecule has 0 N–H and O–H groups in total. The summed E-state index contributed by atoms with van der Waals surface area (Å²) in [6.07, 6.45) is 6.04. The Kier molecular flexibility index (Phi) is 2.73. The summed E-state index contributed by atoms with van der Waals surface area (Å²) in [4.78, 5) is 0. The second kappa shape index (κ2) is 3.61. The molecule has 1 spiro atoms. The van der Waals surface area contributed by atoms with E-state index in [2.05, 4.69) is 23.5 Å². The lowest BCUT2D eigenvalue weighted by Crippen LogP contribution is -2.21. The van der Waals surface area contributed by atoms with Gasteiger partial charge in [-0.05, 0) is 29.8 Å². The van der Waals surface area contributed by atoms with Crippen molar-refractivity contribution in [2.24, 2.45) is 5.41 Å². The van der Waals surface area contributed by atoms with E-state index in [1.807, 2.05) is 0 Å². The Morgan fingerprint density at radius 1 is 0.818 bits per heavy atom. The van der Waals surface area contributed by atoms with Crippen molar-refractivity contribution in [3.05, 3.63) is 0 Å². The van der Waals surface area contributed by atoms with Gasteiger partial charge in [-0.2, -0.15) is 23.5 Å². The first-order valence-corrected chi connectivity index (χ1v) is 6.88. The fourth-order valence-corrected chi connectivity index (χ4v) is 5.16. The highest BCUT2D eigenvalue weighted by molar-refractivity contribution is 8.03. The first kappa shape index (κ1) is 8.31. The Bertz CT molecular complexity index is 118. The van der Waals surface area contributed by atoms with Crippen LogP contribution < -0.4 is 0 Å². The predicted molar refractivity (Wildman–Crippen MR) is 55.6 cm³/mol. The predicted octanol–water partition coefficient (Wildman–Crippen LogP) is 3.03. The number of rotatable bonds is 0. The zero-order valence-corrected chi connectivity index (χ0v) is 8.61. The molecule has 0 amide bonds. The largest absolute Gasteiger partial charge is 0.161 e. The van der Waals surface area contributed by atoms with E-state index in [0.29, 0.717) is 0 Å². The molecular formula is C9H16S2. The molecule has 0 nitrogen and oxygen atoms in total. The van der Waals surface area contributed by atoms with E-state index >= 15 is 0 Å². The second-order valence-corrected chi connectivity index (χ2v) is 6.02. The molecule has 2 heteroatoms. The van der Waals surface area contributed by atoms with E-state index < -0.39 is 0 Å². The molecule has 1 saturated heterocycles. The molecule has 11 heavy (non-hydrogen) atoms. The molecule has 0 unspecified atom stereocenters. The Balaban J connectivity index is 1.97. The summed E-state index contributed by atoms with van der Waals surface area (Å²) < 4.78 is 0. The highest BCUT2D eigenvalue weighted by atomic mass is 32.2.